The molecular formula is C15H21BrO3. The summed E-state index contributed by atoms with van der Waals surface area (Å²) in [7, 11) is 1.39. The quantitative estimate of drug-likeness (QED) is 0.643. The Kier molecular flexibility index (Phi) is 6.01. The second-order valence-corrected chi connectivity index (χ2v) is 5.88. The molecule has 1 N–H and O–H groups in total. The summed E-state index contributed by atoms with van der Waals surface area (Å²) in [6, 6.07) is 7.51. The molecule has 0 fully saturated rings. The van der Waals surface area contributed by atoms with Gasteiger partial charge in [-0.1, -0.05) is 40.2 Å². The number of methoxy groups -OCH3 is 1. The molecule has 0 aromatic heterocycles. The van der Waals surface area contributed by atoms with Crippen molar-refractivity contribution in [3.05, 3.63) is 35.4 Å². The van der Waals surface area contributed by atoms with Gasteiger partial charge in [0.2, 0.25) is 0 Å². The first kappa shape index (κ1) is 16.2. The molecule has 4 heteroatoms. The van der Waals surface area contributed by atoms with Gasteiger partial charge in [0.15, 0.2) is 0 Å². The summed E-state index contributed by atoms with van der Waals surface area (Å²) in [5.41, 5.74) is 1.09. The topological polar surface area (TPSA) is 46.5 Å². The molecule has 0 saturated heterocycles. The van der Waals surface area contributed by atoms with Crippen molar-refractivity contribution in [2.24, 2.45) is 0 Å². The Morgan fingerprint density at radius 3 is 2.42 bits per heavy atom. The van der Waals surface area contributed by atoms with Crippen molar-refractivity contribution in [1.29, 1.82) is 0 Å². The van der Waals surface area contributed by atoms with Crippen molar-refractivity contribution in [2.75, 3.05) is 12.4 Å². The molecular weight excluding hydrogens is 308 g/mol. The van der Waals surface area contributed by atoms with Crippen LogP contribution in [0.25, 0.3) is 0 Å². The van der Waals surface area contributed by atoms with E-state index in [0.29, 0.717) is 0 Å². The Labute approximate surface area is 123 Å². The van der Waals surface area contributed by atoms with Gasteiger partial charge in [-0.15, -0.1) is 0 Å². The zero-order valence-corrected chi connectivity index (χ0v) is 13.2. The van der Waals surface area contributed by atoms with Crippen LogP contribution >= 0.6 is 15.9 Å². The third-order valence-electron chi connectivity index (χ3n) is 3.32. The van der Waals surface area contributed by atoms with Crippen LogP contribution in [0.3, 0.4) is 0 Å². The van der Waals surface area contributed by atoms with Crippen LogP contribution in [0.15, 0.2) is 24.3 Å². The van der Waals surface area contributed by atoms with Gasteiger partial charge in [-0.3, -0.25) is 4.79 Å². The molecule has 0 radical (unpaired) electrons. The van der Waals surface area contributed by atoms with Crippen LogP contribution in [0.5, 0.6) is 0 Å². The van der Waals surface area contributed by atoms with Gasteiger partial charge >= 0.3 is 5.97 Å². The van der Waals surface area contributed by atoms with Crippen molar-refractivity contribution in [2.45, 2.75) is 38.2 Å². The molecule has 0 heterocycles. The first-order valence-electron chi connectivity index (χ1n) is 6.36. The predicted molar refractivity (Wildman–Crippen MR) is 79.5 cm³/mol. The fourth-order valence-electron chi connectivity index (χ4n) is 1.93. The Morgan fingerprint density at radius 2 is 1.95 bits per heavy atom. The highest BCUT2D eigenvalue weighted by atomic mass is 79.9. The van der Waals surface area contributed by atoms with E-state index in [9.17, 15) is 9.90 Å². The number of alkyl halides is 1. The van der Waals surface area contributed by atoms with E-state index in [1.165, 1.54) is 7.11 Å². The molecule has 1 atom stereocenters. The van der Waals surface area contributed by atoms with Gasteiger partial charge < -0.3 is 9.84 Å². The second-order valence-electron chi connectivity index (χ2n) is 5.09. The fraction of sp³-hybridized carbons (Fsp3) is 0.533. The molecule has 19 heavy (non-hydrogen) atoms. The Hall–Kier alpha value is -0.870. The molecule has 0 saturated carbocycles. The first-order valence-corrected chi connectivity index (χ1v) is 7.48. The van der Waals surface area contributed by atoms with Crippen molar-refractivity contribution in [3.8, 4) is 0 Å². The lowest BCUT2D eigenvalue weighted by Crippen LogP contribution is -2.30. The summed E-state index contributed by atoms with van der Waals surface area (Å²) in [5, 5.41) is 10.9. The minimum atomic E-state index is -0.673. The molecule has 0 aliphatic rings. The van der Waals surface area contributed by atoms with Gasteiger partial charge in [-0.25, -0.2) is 0 Å². The van der Waals surface area contributed by atoms with E-state index in [0.717, 1.165) is 29.3 Å². The molecule has 0 aliphatic heterocycles. The second kappa shape index (κ2) is 7.06. The van der Waals surface area contributed by atoms with Crippen LogP contribution in [-0.2, 0) is 14.9 Å². The van der Waals surface area contributed by atoms with E-state index in [1.807, 2.05) is 38.1 Å². The average molecular weight is 329 g/mol. The number of carbonyl (C=O) groups is 1. The molecule has 1 rings (SSSR count). The van der Waals surface area contributed by atoms with Gasteiger partial charge in [0.25, 0.3) is 0 Å². The number of rotatable bonds is 6. The third kappa shape index (κ3) is 4.05. The van der Waals surface area contributed by atoms with Crippen LogP contribution < -0.4 is 0 Å². The van der Waals surface area contributed by atoms with E-state index in [1.54, 1.807) is 0 Å². The van der Waals surface area contributed by atoms with Crippen molar-refractivity contribution in [1.82, 2.24) is 0 Å². The summed E-state index contributed by atoms with van der Waals surface area (Å²) in [6.45, 7) is 3.66. The zero-order valence-electron chi connectivity index (χ0n) is 11.6. The minimum absolute atomic E-state index is 0.264. The van der Waals surface area contributed by atoms with Gasteiger partial charge in [-0.05, 0) is 37.8 Å². The van der Waals surface area contributed by atoms with Gasteiger partial charge in [0, 0.05) is 5.33 Å². The molecule has 0 spiro atoms. The SMILES string of the molecule is COC(=O)C(C)(C)c1ccc(C(O)CCCBr)cc1. The van der Waals surface area contributed by atoms with Crippen molar-refractivity contribution < 1.29 is 14.6 Å². The van der Waals surface area contributed by atoms with E-state index < -0.39 is 11.5 Å². The fourth-order valence-corrected chi connectivity index (χ4v) is 2.26. The number of hydrogen-bond acceptors (Lipinski definition) is 3. The van der Waals surface area contributed by atoms with Crippen LogP contribution in [0.1, 0.15) is 43.9 Å². The summed E-state index contributed by atoms with van der Waals surface area (Å²) < 4.78 is 4.81. The molecule has 1 aromatic carbocycles. The minimum Gasteiger partial charge on any atom is -0.468 e. The molecule has 0 bridgehead atoms. The lowest BCUT2D eigenvalue weighted by atomic mass is 9.84. The highest BCUT2D eigenvalue weighted by Crippen LogP contribution is 2.27. The zero-order chi connectivity index (χ0) is 14.5. The Balaban J connectivity index is 2.84. The molecule has 0 aliphatic carbocycles. The first-order chi connectivity index (χ1) is 8.93. The van der Waals surface area contributed by atoms with Crippen LogP contribution in [0, 0.1) is 0 Å². The largest absolute Gasteiger partial charge is 0.468 e. The number of ether oxygens (including phenoxy) is 1. The lowest BCUT2D eigenvalue weighted by molar-refractivity contribution is -0.146. The van der Waals surface area contributed by atoms with Crippen LogP contribution in [0.2, 0.25) is 0 Å². The maximum absolute atomic E-state index is 11.7. The molecule has 0 amide bonds. The number of esters is 1. The highest BCUT2D eigenvalue weighted by molar-refractivity contribution is 9.09. The van der Waals surface area contributed by atoms with Gasteiger partial charge in [-0.2, -0.15) is 0 Å². The number of aliphatic hydroxyl groups is 1. The number of aliphatic hydroxyl groups excluding tert-OH is 1. The van der Waals surface area contributed by atoms with E-state index >= 15 is 0 Å². The van der Waals surface area contributed by atoms with Gasteiger partial charge in [0.1, 0.15) is 0 Å². The summed E-state index contributed by atoms with van der Waals surface area (Å²) in [5.74, 6) is -0.264. The maximum atomic E-state index is 11.7. The number of carbonyl (C=O) groups excluding carboxylic acids is 1. The predicted octanol–water partition coefficient (Wildman–Crippen LogP) is 3.35. The monoisotopic (exact) mass is 328 g/mol. The number of benzene rings is 1. The number of halogens is 1. The van der Waals surface area contributed by atoms with E-state index in [-0.39, 0.29) is 5.97 Å². The maximum Gasteiger partial charge on any atom is 0.315 e. The van der Waals surface area contributed by atoms with Crippen molar-refractivity contribution in [3.63, 3.8) is 0 Å². The standard InChI is InChI=1S/C15H21BrO3/c1-15(2,14(18)19-3)12-8-6-11(7-9-12)13(17)5-4-10-16/h6-9,13,17H,4-5,10H2,1-3H3. The van der Waals surface area contributed by atoms with Crippen LogP contribution in [0.4, 0.5) is 0 Å². The third-order valence-corrected chi connectivity index (χ3v) is 3.88. The Morgan fingerprint density at radius 1 is 1.37 bits per heavy atom. The molecule has 3 nitrogen and oxygen atoms in total. The Bertz CT molecular complexity index is 412. The van der Waals surface area contributed by atoms with E-state index in [2.05, 4.69) is 15.9 Å². The van der Waals surface area contributed by atoms with E-state index in [4.69, 9.17) is 4.74 Å². The summed E-state index contributed by atoms with van der Waals surface area (Å²) in [4.78, 5) is 11.7. The summed E-state index contributed by atoms with van der Waals surface area (Å²) in [6.07, 6.45) is 1.20. The lowest BCUT2D eigenvalue weighted by Gasteiger charge is -2.22. The normalized spacial score (nSPS) is 13.1. The number of hydrogen-bond donors (Lipinski definition) is 1. The summed E-state index contributed by atoms with van der Waals surface area (Å²) >= 11 is 3.35. The highest BCUT2D eigenvalue weighted by Gasteiger charge is 2.30. The molecule has 1 aromatic rings. The smallest absolute Gasteiger partial charge is 0.315 e. The van der Waals surface area contributed by atoms with Crippen LogP contribution in [-0.4, -0.2) is 23.5 Å². The molecule has 1 unspecified atom stereocenters. The van der Waals surface area contributed by atoms with Crippen molar-refractivity contribution >= 4 is 21.9 Å². The average Bonchev–Trinajstić information content (AvgIpc) is 2.43. The molecule has 106 valence electrons. The van der Waals surface area contributed by atoms with Gasteiger partial charge in [0.05, 0.1) is 18.6 Å².